The molecule has 0 saturated carbocycles. The van der Waals surface area contributed by atoms with Gasteiger partial charge >= 0.3 is 0 Å². The van der Waals surface area contributed by atoms with Crippen LogP contribution in [-0.4, -0.2) is 15.7 Å². The number of aromatic nitrogens is 2. The topological polar surface area (TPSA) is 46.9 Å². The molecule has 0 aliphatic rings. The highest BCUT2D eigenvalue weighted by molar-refractivity contribution is 9.10. The van der Waals surface area contributed by atoms with Gasteiger partial charge in [0.05, 0.1) is 21.1 Å². The van der Waals surface area contributed by atoms with Crippen molar-refractivity contribution in [2.75, 3.05) is 5.32 Å². The summed E-state index contributed by atoms with van der Waals surface area (Å²) in [5.74, 6) is 0.266. The molecule has 7 heteroatoms. The number of nitrogens with one attached hydrogen (secondary N) is 1. The normalized spacial score (nSPS) is 10.8. The van der Waals surface area contributed by atoms with E-state index in [9.17, 15) is 4.79 Å². The van der Waals surface area contributed by atoms with Crippen LogP contribution in [0.15, 0.2) is 47.1 Å². The van der Waals surface area contributed by atoms with Crippen molar-refractivity contribution in [1.29, 1.82) is 0 Å². The van der Waals surface area contributed by atoms with E-state index in [2.05, 4.69) is 26.3 Å². The standard InChI is InChI=1S/C19H16BrCl2N3O/c1-11-3-5-14(7-12(11)2)19(26)23-18-15(20)10-25(24-18)9-13-4-6-16(21)17(22)8-13/h3-8,10H,9H2,1-2H3,(H,23,24,26). The molecule has 1 amide bonds. The number of aryl methyl sites for hydroxylation is 2. The Morgan fingerprint density at radius 1 is 1.12 bits per heavy atom. The first-order chi connectivity index (χ1) is 12.3. The minimum Gasteiger partial charge on any atom is -0.304 e. The summed E-state index contributed by atoms with van der Waals surface area (Å²) in [5.41, 5.74) is 3.77. The summed E-state index contributed by atoms with van der Waals surface area (Å²) in [6.07, 6.45) is 1.80. The molecule has 3 aromatic rings. The third-order valence-electron chi connectivity index (χ3n) is 4.05. The van der Waals surface area contributed by atoms with Crippen LogP contribution in [0.5, 0.6) is 0 Å². The zero-order valence-electron chi connectivity index (χ0n) is 14.2. The average molecular weight is 453 g/mol. The molecule has 1 aromatic heterocycles. The number of amides is 1. The molecule has 0 unspecified atom stereocenters. The van der Waals surface area contributed by atoms with Gasteiger partial charge in [0, 0.05) is 11.8 Å². The Kier molecular flexibility index (Phi) is 5.70. The molecule has 2 aromatic carbocycles. The predicted molar refractivity (Wildman–Crippen MR) is 109 cm³/mol. The minimum atomic E-state index is -0.200. The zero-order chi connectivity index (χ0) is 18.8. The second kappa shape index (κ2) is 7.82. The molecule has 0 aliphatic heterocycles. The van der Waals surface area contributed by atoms with Crippen molar-refractivity contribution < 1.29 is 4.79 Å². The molecular weight excluding hydrogens is 437 g/mol. The van der Waals surface area contributed by atoms with Gasteiger partial charge in [0.1, 0.15) is 0 Å². The van der Waals surface area contributed by atoms with Crippen LogP contribution in [0.2, 0.25) is 10.0 Å². The summed E-state index contributed by atoms with van der Waals surface area (Å²) in [5, 5.41) is 8.27. The molecule has 0 bridgehead atoms. The second-order valence-electron chi connectivity index (χ2n) is 6.02. The summed E-state index contributed by atoms with van der Waals surface area (Å²) in [7, 11) is 0. The Bertz CT molecular complexity index is 985. The van der Waals surface area contributed by atoms with Crippen molar-refractivity contribution in [3.05, 3.63) is 79.4 Å². The number of benzene rings is 2. The summed E-state index contributed by atoms with van der Waals surface area (Å²) < 4.78 is 2.43. The van der Waals surface area contributed by atoms with Crippen molar-refractivity contribution in [1.82, 2.24) is 9.78 Å². The lowest BCUT2D eigenvalue weighted by Gasteiger charge is -2.06. The Balaban J connectivity index is 1.76. The fraction of sp³-hybridized carbons (Fsp3) is 0.158. The summed E-state index contributed by atoms with van der Waals surface area (Å²) in [4.78, 5) is 12.5. The van der Waals surface area contributed by atoms with Gasteiger partial charge in [-0.2, -0.15) is 5.10 Å². The lowest BCUT2D eigenvalue weighted by molar-refractivity contribution is 0.102. The van der Waals surface area contributed by atoms with Crippen LogP contribution in [0.1, 0.15) is 27.0 Å². The molecular formula is C19H16BrCl2N3O. The number of hydrogen-bond donors (Lipinski definition) is 1. The van der Waals surface area contributed by atoms with Crippen LogP contribution < -0.4 is 5.32 Å². The van der Waals surface area contributed by atoms with Crippen molar-refractivity contribution in [3.63, 3.8) is 0 Å². The molecule has 0 radical (unpaired) electrons. The van der Waals surface area contributed by atoms with E-state index in [-0.39, 0.29) is 5.91 Å². The molecule has 0 aliphatic carbocycles. The van der Waals surface area contributed by atoms with E-state index >= 15 is 0 Å². The number of carbonyl (C=O) groups excluding carboxylic acids is 1. The van der Waals surface area contributed by atoms with Gasteiger partial charge in [-0.15, -0.1) is 0 Å². The largest absolute Gasteiger partial charge is 0.304 e. The fourth-order valence-electron chi connectivity index (χ4n) is 2.45. The zero-order valence-corrected chi connectivity index (χ0v) is 17.3. The molecule has 0 atom stereocenters. The summed E-state index contributed by atoms with van der Waals surface area (Å²) in [6, 6.07) is 11.0. The van der Waals surface area contributed by atoms with Crippen molar-refractivity contribution in [2.24, 2.45) is 0 Å². The number of anilines is 1. The molecule has 1 heterocycles. The molecule has 0 fully saturated rings. The first kappa shape index (κ1) is 19.0. The lowest BCUT2D eigenvalue weighted by atomic mass is 10.1. The molecule has 0 saturated heterocycles. The van der Waals surface area contributed by atoms with Gasteiger partial charge in [-0.3, -0.25) is 9.48 Å². The van der Waals surface area contributed by atoms with Crippen LogP contribution in [0.4, 0.5) is 5.82 Å². The van der Waals surface area contributed by atoms with Gasteiger partial charge in [0.25, 0.3) is 5.91 Å². The van der Waals surface area contributed by atoms with Gasteiger partial charge in [-0.05, 0) is 70.7 Å². The smallest absolute Gasteiger partial charge is 0.256 e. The highest BCUT2D eigenvalue weighted by Crippen LogP contribution is 2.25. The average Bonchev–Trinajstić information content (AvgIpc) is 2.92. The molecule has 4 nitrogen and oxygen atoms in total. The van der Waals surface area contributed by atoms with E-state index < -0.39 is 0 Å². The van der Waals surface area contributed by atoms with E-state index in [1.54, 1.807) is 29.1 Å². The van der Waals surface area contributed by atoms with E-state index in [0.29, 0.717) is 32.4 Å². The minimum absolute atomic E-state index is 0.200. The molecule has 3 rings (SSSR count). The van der Waals surface area contributed by atoms with Crippen molar-refractivity contribution in [2.45, 2.75) is 20.4 Å². The highest BCUT2D eigenvalue weighted by atomic mass is 79.9. The maximum atomic E-state index is 12.5. The van der Waals surface area contributed by atoms with Gasteiger partial charge in [0.15, 0.2) is 5.82 Å². The van der Waals surface area contributed by atoms with Gasteiger partial charge in [-0.25, -0.2) is 0 Å². The Morgan fingerprint density at radius 3 is 2.58 bits per heavy atom. The number of nitrogens with zero attached hydrogens (tertiary/aromatic N) is 2. The number of rotatable bonds is 4. The number of hydrogen-bond acceptors (Lipinski definition) is 2. The summed E-state index contributed by atoms with van der Waals surface area (Å²) in [6.45, 7) is 4.50. The Morgan fingerprint density at radius 2 is 1.88 bits per heavy atom. The fourth-order valence-corrected chi connectivity index (χ4v) is 3.19. The third-order valence-corrected chi connectivity index (χ3v) is 5.37. The van der Waals surface area contributed by atoms with Crippen LogP contribution in [-0.2, 0) is 6.54 Å². The van der Waals surface area contributed by atoms with Gasteiger partial charge < -0.3 is 5.32 Å². The molecule has 134 valence electrons. The predicted octanol–water partition coefficient (Wildman–Crippen LogP) is 5.87. The van der Waals surface area contributed by atoms with Crippen molar-refractivity contribution in [3.8, 4) is 0 Å². The maximum Gasteiger partial charge on any atom is 0.256 e. The molecule has 1 N–H and O–H groups in total. The first-order valence-electron chi connectivity index (χ1n) is 7.89. The van der Waals surface area contributed by atoms with Gasteiger partial charge in [-0.1, -0.05) is 35.3 Å². The van der Waals surface area contributed by atoms with Gasteiger partial charge in [0.2, 0.25) is 0 Å². The highest BCUT2D eigenvalue weighted by Gasteiger charge is 2.13. The molecule has 26 heavy (non-hydrogen) atoms. The first-order valence-corrected chi connectivity index (χ1v) is 9.44. The van der Waals surface area contributed by atoms with E-state index in [4.69, 9.17) is 23.2 Å². The number of halogens is 3. The summed E-state index contributed by atoms with van der Waals surface area (Å²) >= 11 is 15.4. The maximum absolute atomic E-state index is 12.5. The van der Waals surface area contributed by atoms with Crippen LogP contribution in [0.3, 0.4) is 0 Å². The second-order valence-corrected chi connectivity index (χ2v) is 7.69. The Labute approximate surface area is 170 Å². The van der Waals surface area contributed by atoms with E-state index in [0.717, 1.165) is 16.7 Å². The SMILES string of the molecule is Cc1ccc(C(=O)Nc2nn(Cc3ccc(Cl)c(Cl)c3)cc2Br)cc1C. The van der Waals surface area contributed by atoms with Crippen LogP contribution in [0, 0.1) is 13.8 Å². The van der Waals surface area contributed by atoms with E-state index in [1.807, 2.05) is 32.0 Å². The lowest BCUT2D eigenvalue weighted by Crippen LogP contribution is -2.13. The van der Waals surface area contributed by atoms with Crippen LogP contribution in [0.25, 0.3) is 0 Å². The monoisotopic (exact) mass is 451 g/mol. The number of carbonyl (C=O) groups is 1. The quantitative estimate of drug-likeness (QED) is 0.538. The van der Waals surface area contributed by atoms with Crippen molar-refractivity contribution >= 4 is 50.9 Å². The van der Waals surface area contributed by atoms with E-state index in [1.165, 1.54) is 0 Å². The van der Waals surface area contributed by atoms with Crippen LogP contribution >= 0.6 is 39.1 Å². The Hall–Kier alpha value is -1.82. The molecule has 0 spiro atoms. The third kappa shape index (κ3) is 4.29.